The first-order valence-corrected chi connectivity index (χ1v) is 9.34. The number of aryl methyl sites for hydroxylation is 1. The number of hydrogen-bond acceptors (Lipinski definition) is 4. The lowest BCUT2D eigenvalue weighted by Gasteiger charge is -2.09. The molecule has 0 aliphatic heterocycles. The zero-order chi connectivity index (χ0) is 19.6. The van der Waals surface area contributed by atoms with Crippen molar-refractivity contribution in [3.8, 4) is 11.5 Å². The first-order valence-electron chi connectivity index (χ1n) is 9.34. The van der Waals surface area contributed by atoms with Crippen molar-refractivity contribution in [2.45, 2.75) is 25.8 Å². The van der Waals surface area contributed by atoms with Crippen LogP contribution in [-0.2, 0) is 17.8 Å². The molecule has 0 unspecified atom stereocenters. The maximum absolute atomic E-state index is 12.1. The Morgan fingerprint density at radius 2 is 1.82 bits per heavy atom. The van der Waals surface area contributed by atoms with Crippen LogP contribution in [0.1, 0.15) is 18.4 Å². The van der Waals surface area contributed by atoms with Gasteiger partial charge >= 0.3 is 0 Å². The molecule has 0 aliphatic carbocycles. The van der Waals surface area contributed by atoms with Crippen molar-refractivity contribution in [1.29, 1.82) is 0 Å². The number of anilines is 1. The third-order valence-corrected chi connectivity index (χ3v) is 4.34. The highest BCUT2D eigenvalue weighted by Gasteiger charge is 2.04. The lowest BCUT2D eigenvalue weighted by atomic mass is 10.1. The Bertz CT molecular complexity index is 844. The summed E-state index contributed by atoms with van der Waals surface area (Å²) in [7, 11) is 1.65. The van der Waals surface area contributed by atoms with Crippen LogP contribution < -0.4 is 14.8 Å². The van der Waals surface area contributed by atoms with Gasteiger partial charge in [0.15, 0.2) is 0 Å². The SMILES string of the molecule is COc1ccc(CCCC(=O)Nc2ccc(OCCn3ccnc3)cc2)cc1. The zero-order valence-corrected chi connectivity index (χ0v) is 16.0. The lowest BCUT2D eigenvalue weighted by Crippen LogP contribution is -2.11. The Kier molecular flexibility index (Phi) is 7.07. The van der Waals surface area contributed by atoms with Gasteiger partial charge in [-0.1, -0.05) is 12.1 Å². The average Bonchev–Trinajstić information content (AvgIpc) is 3.23. The normalized spacial score (nSPS) is 10.5. The molecule has 1 amide bonds. The summed E-state index contributed by atoms with van der Waals surface area (Å²) in [5.41, 5.74) is 1.97. The standard InChI is InChI=1S/C22H25N3O3/c1-27-20-9-5-18(6-10-20)3-2-4-22(26)24-19-7-11-21(12-8-19)28-16-15-25-14-13-23-17-25/h5-14,17H,2-4,15-16H2,1H3,(H,24,26). The Hall–Kier alpha value is -3.28. The van der Waals surface area contributed by atoms with Crippen molar-refractivity contribution in [1.82, 2.24) is 9.55 Å². The molecule has 1 aromatic heterocycles. The third-order valence-electron chi connectivity index (χ3n) is 4.34. The molecule has 0 saturated carbocycles. The quantitative estimate of drug-likeness (QED) is 0.580. The van der Waals surface area contributed by atoms with E-state index in [4.69, 9.17) is 9.47 Å². The monoisotopic (exact) mass is 379 g/mol. The highest BCUT2D eigenvalue weighted by molar-refractivity contribution is 5.90. The van der Waals surface area contributed by atoms with E-state index in [0.717, 1.165) is 36.6 Å². The number of aromatic nitrogens is 2. The molecule has 0 bridgehead atoms. The van der Waals surface area contributed by atoms with Gasteiger partial charge in [0.2, 0.25) is 5.91 Å². The fraction of sp³-hybridized carbons (Fsp3) is 0.273. The van der Waals surface area contributed by atoms with Crippen LogP contribution in [0, 0.1) is 0 Å². The fourth-order valence-corrected chi connectivity index (χ4v) is 2.79. The number of rotatable bonds is 10. The lowest BCUT2D eigenvalue weighted by molar-refractivity contribution is -0.116. The summed E-state index contributed by atoms with van der Waals surface area (Å²) in [6.07, 6.45) is 7.55. The summed E-state index contributed by atoms with van der Waals surface area (Å²) in [4.78, 5) is 16.1. The maximum Gasteiger partial charge on any atom is 0.224 e. The molecule has 2 aromatic carbocycles. The number of imidazole rings is 1. The summed E-state index contributed by atoms with van der Waals surface area (Å²) in [6.45, 7) is 1.31. The second-order valence-electron chi connectivity index (χ2n) is 6.42. The third kappa shape index (κ3) is 6.16. The van der Waals surface area contributed by atoms with Crippen LogP contribution in [0.3, 0.4) is 0 Å². The van der Waals surface area contributed by atoms with Gasteiger partial charge in [-0.15, -0.1) is 0 Å². The van der Waals surface area contributed by atoms with Gasteiger partial charge in [0.05, 0.1) is 20.0 Å². The number of methoxy groups -OCH3 is 1. The van der Waals surface area contributed by atoms with Crippen molar-refractivity contribution in [3.05, 3.63) is 72.8 Å². The molecule has 1 N–H and O–H groups in total. The molecule has 0 fully saturated rings. The number of ether oxygens (including phenoxy) is 2. The van der Waals surface area contributed by atoms with Gasteiger partial charge in [0.25, 0.3) is 0 Å². The minimum absolute atomic E-state index is 0.0160. The number of carbonyl (C=O) groups excluding carboxylic acids is 1. The number of hydrogen-bond donors (Lipinski definition) is 1. The number of amides is 1. The van der Waals surface area contributed by atoms with Gasteiger partial charge in [-0.05, 0) is 54.8 Å². The number of nitrogens with one attached hydrogen (secondary N) is 1. The van der Waals surface area contributed by atoms with E-state index in [1.165, 1.54) is 5.56 Å². The highest BCUT2D eigenvalue weighted by atomic mass is 16.5. The molecule has 0 aliphatic rings. The van der Waals surface area contributed by atoms with Gasteiger partial charge in [-0.3, -0.25) is 4.79 Å². The van der Waals surface area contributed by atoms with E-state index in [0.29, 0.717) is 13.0 Å². The van der Waals surface area contributed by atoms with E-state index in [1.54, 1.807) is 19.6 Å². The molecule has 0 saturated heterocycles. The number of nitrogens with zero attached hydrogens (tertiary/aromatic N) is 2. The molecule has 0 spiro atoms. The first-order chi connectivity index (χ1) is 13.7. The summed E-state index contributed by atoms with van der Waals surface area (Å²) in [6, 6.07) is 15.4. The number of carbonyl (C=O) groups is 1. The van der Waals surface area contributed by atoms with Crippen LogP contribution >= 0.6 is 0 Å². The maximum atomic E-state index is 12.1. The first kappa shape index (κ1) is 19.5. The highest BCUT2D eigenvalue weighted by Crippen LogP contribution is 2.17. The summed E-state index contributed by atoms with van der Waals surface area (Å²) < 4.78 is 12.8. The van der Waals surface area contributed by atoms with Crippen LogP contribution in [0.15, 0.2) is 67.3 Å². The van der Waals surface area contributed by atoms with Crippen molar-refractivity contribution >= 4 is 11.6 Å². The van der Waals surface area contributed by atoms with E-state index >= 15 is 0 Å². The van der Waals surface area contributed by atoms with Crippen LogP contribution in [0.25, 0.3) is 0 Å². The van der Waals surface area contributed by atoms with Crippen LogP contribution in [0.2, 0.25) is 0 Å². The van der Waals surface area contributed by atoms with E-state index < -0.39 is 0 Å². The molecule has 0 atom stereocenters. The average molecular weight is 379 g/mol. The predicted octanol–water partition coefficient (Wildman–Crippen LogP) is 3.93. The molecule has 6 nitrogen and oxygen atoms in total. The topological polar surface area (TPSA) is 65.4 Å². The summed E-state index contributed by atoms with van der Waals surface area (Å²) in [5.74, 6) is 1.63. The Balaban J connectivity index is 1.36. The van der Waals surface area contributed by atoms with Gasteiger partial charge < -0.3 is 19.4 Å². The second-order valence-corrected chi connectivity index (χ2v) is 6.42. The smallest absolute Gasteiger partial charge is 0.224 e. The van der Waals surface area contributed by atoms with Gasteiger partial charge in [0, 0.05) is 24.5 Å². The molecule has 1 heterocycles. The van der Waals surface area contributed by atoms with Gasteiger partial charge in [0.1, 0.15) is 18.1 Å². The van der Waals surface area contributed by atoms with E-state index in [-0.39, 0.29) is 5.91 Å². The Morgan fingerprint density at radius 3 is 2.50 bits per heavy atom. The van der Waals surface area contributed by atoms with Crippen molar-refractivity contribution in [2.24, 2.45) is 0 Å². The molecule has 0 radical (unpaired) electrons. The number of benzene rings is 2. The molecular formula is C22H25N3O3. The second kappa shape index (κ2) is 10.2. The molecular weight excluding hydrogens is 354 g/mol. The Morgan fingerprint density at radius 1 is 1.07 bits per heavy atom. The molecule has 3 rings (SSSR count). The minimum Gasteiger partial charge on any atom is -0.497 e. The van der Waals surface area contributed by atoms with Crippen LogP contribution in [0.4, 0.5) is 5.69 Å². The van der Waals surface area contributed by atoms with Crippen molar-refractivity contribution in [2.75, 3.05) is 19.0 Å². The molecule has 28 heavy (non-hydrogen) atoms. The largest absolute Gasteiger partial charge is 0.497 e. The van der Waals surface area contributed by atoms with Gasteiger partial charge in [-0.25, -0.2) is 4.98 Å². The molecule has 146 valence electrons. The fourth-order valence-electron chi connectivity index (χ4n) is 2.79. The van der Waals surface area contributed by atoms with Crippen molar-refractivity contribution in [3.63, 3.8) is 0 Å². The van der Waals surface area contributed by atoms with Crippen LogP contribution in [0.5, 0.6) is 11.5 Å². The Labute approximate surface area is 165 Å². The van der Waals surface area contributed by atoms with Crippen LogP contribution in [-0.4, -0.2) is 29.2 Å². The minimum atomic E-state index is 0.0160. The predicted molar refractivity (Wildman–Crippen MR) is 109 cm³/mol. The van der Waals surface area contributed by atoms with E-state index in [1.807, 2.05) is 59.3 Å². The zero-order valence-electron chi connectivity index (χ0n) is 16.0. The summed E-state index contributed by atoms with van der Waals surface area (Å²) >= 11 is 0. The molecule has 3 aromatic rings. The summed E-state index contributed by atoms with van der Waals surface area (Å²) in [5, 5.41) is 2.93. The van der Waals surface area contributed by atoms with E-state index in [9.17, 15) is 4.79 Å². The van der Waals surface area contributed by atoms with Gasteiger partial charge in [-0.2, -0.15) is 0 Å². The van der Waals surface area contributed by atoms with Crippen molar-refractivity contribution < 1.29 is 14.3 Å². The molecule has 6 heteroatoms. The van der Waals surface area contributed by atoms with E-state index in [2.05, 4.69) is 10.3 Å².